The first kappa shape index (κ1) is 27.6. The molecule has 1 amide bonds. The Morgan fingerprint density at radius 3 is 2.69 bits per heavy atom. The van der Waals surface area contributed by atoms with Crippen molar-refractivity contribution in [2.75, 3.05) is 24.5 Å². The minimum Gasteiger partial charge on any atom is -0.486 e. The molecule has 1 fully saturated rings. The minimum atomic E-state index is -1.06. The van der Waals surface area contributed by atoms with Gasteiger partial charge in [-0.3, -0.25) is 4.79 Å². The van der Waals surface area contributed by atoms with Crippen LogP contribution in [0.1, 0.15) is 25.0 Å². The summed E-state index contributed by atoms with van der Waals surface area (Å²) in [7, 11) is 0. The number of aromatic nitrogens is 3. The number of carbonyl (C=O) groups is 1. The lowest BCUT2D eigenvalue weighted by molar-refractivity contribution is -0.126. The zero-order valence-electron chi connectivity index (χ0n) is 23.0. The second kappa shape index (κ2) is 10.4. The second-order valence-electron chi connectivity index (χ2n) is 10.4. The van der Waals surface area contributed by atoms with Crippen LogP contribution in [0.3, 0.4) is 0 Å². The van der Waals surface area contributed by atoms with Gasteiger partial charge in [-0.15, -0.1) is 0 Å². The molecule has 2 aliphatic rings. The first-order valence-electron chi connectivity index (χ1n) is 13.3. The number of anilines is 1. The Labute approximate surface area is 245 Å². The zero-order chi connectivity index (χ0) is 29.9. The molecule has 1 atom stereocenters. The van der Waals surface area contributed by atoms with E-state index in [1.807, 2.05) is 11.8 Å². The van der Waals surface area contributed by atoms with Gasteiger partial charge in [-0.25, -0.2) is 23.1 Å². The van der Waals surface area contributed by atoms with Crippen molar-refractivity contribution in [3.63, 3.8) is 0 Å². The third-order valence-electron chi connectivity index (χ3n) is 7.71. The van der Waals surface area contributed by atoms with Crippen molar-refractivity contribution in [2.24, 2.45) is 0 Å². The van der Waals surface area contributed by atoms with Crippen molar-refractivity contribution in [1.29, 1.82) is 0 Å². The van der Waals surface area contributed by atoms with Crippen LogP contribution in [-0.2, 0) is 11.4 Å². The van der Waals surface area contributed by atoms with Gasteiger partial charge in [-0.2, -0.15) is 4.98 Å². The molecule has 4 heterocycles. The first-order chi connectivity index (χ1) is 20.1. The van der Waals surface area contributed by atoms with E-state index >= 15 is 4.39 Å². The highest BCUT2D eigenvalue weighted by Crippen LogP contribution is 2.49. The quantitative estimate of drug-likeness (QED) is 0.291. The molecule has 0 spiro atoms. The van der Waals surface area contributed by atoms with Gasteiger partial charge in [-0.1, -0.05) is 30.8 Å². The number of ether oxygens (including phenoxy) is 1. The normalized spacial score (nSPS) is 16.1. The molecule has 1 saturated heterocycles. The molecule has 6 rings (SSSR count). The summed E-state index contributed by atoms with van der Waals surface area (Å²) in [5.74, 6) is -1.57. The molecule has 4 aromatic rings. The lowest BCUT2D eigenvalue weighted by Crippen LogP contribution is -2.54. The van der Waals surface area contributed by atoms with Crippen LogP contribution in [0.2, 0.25) is 5.02 Å². The predicted octanol–water partition coefficient (Wildman–Crippen LogP) is 5.53. The molecule has 2 aliphatic heterocycles. The van der Waals surface area contributed by atoms with Gasteiger partial charge in [-0.05, 0) is 49.8 Å². The van der Waals surface area contributed by atoms with Gasteiger partial charge in [0.1, 0.15) is 23.8 Å². The van der Waals surface area contributed by atoms with Gasteiger partial charge in [0.05, 0.1) is 5.02 Å². The summed E-state index contributed by atoms with van der Waals surface area (Å²) in [4.78, 5) is 38.9. The number of fused-ring (bicyclic) bond motifs is 5. The third-order valence-corrected chi connectivity index (χ3v) is 8.01. The number of hydrogen-bond acceptors (Lipinski definition) is 6. The van der Waals surface area contributed by atoms with Crippen LogP contribution >= 0.6 is 11.6 Å². The maximum Gasteiger partial charge on any atom is 0.355 e. The predicted molar refractivity (Wildman–Crippen MR) is 158 cm³/mol. The van der Waals surface area contributed by atoms with Crippen molar-refractivity contribution in [3.05, 3.63) is 94.0 Å². The summed E-state index contributed by atoms with van der Waals surface area (Å²) in [6, 6.07) is 7.37. The molecule has 11 heteroatoms. The Morgan fingerprint density at radius 2 is 1.98 bits per heavy atom. The molecule has 0 N–H and O–H groups in total. The van der Waals surface area contributed by atoms with Crippen LogP contribution in [0, 0.1) is 11.6 Å². The van der Waals surface area contributed by atoms with Gasteiger partial charge in [0.2, 0.25) is 5.91 Å². The van der Waals surface area contributed by atoms with Crippen molar-refractivity contribution in [1.82, 2.24) is 19.4 Å². The number of allylic oxidation sites excluding steroid dienone is 1. The molecule has 0 unspecified atom stereocenters. The average Bonchev–Trinajstić information content (AvgIpc) is 2.98. The molecule has 2 aromatic heterocycles. The molecule has 0 aliphatic carbocycles. The number of nitrogens with zero attached hydrogens (tertiary/aromatic N) is 5. The molecular formula is C31H26ClF2N5O3. The minimum absolute atomic E-state index is 0.0217. The van der Waals surface area contributed by atoms with E-state index in [-0.39, 0.29) is 51.8 Å². The molecule has 214 valence electrons. The largest absolute Gasteiger partial charge is 0.486 e. The van der Waals surface area contributed by atoms with Crippen molar-refractivity contribution in [2.45, 2.75) is 26.5 Å². The fourth-order valence-electron chi connectivity index (χ4n) is 5.74. The summed E-state index contributed by atoms with van der Waals surface area (Å²) < 4.78 is 37.3. The van der Waals surface area contributed by atoms with Crippen LogP contribution in [0.5, 0.6) is 5.75 Å². The highest BCUT2D eigenvalue weighted by atomic mass is 35.5. The summed E-state index contributed by atoms with van der Waals surface area (Å²) >= 11 is 6.83. The van der Waals surface area contributed by atoms with Crippen molar-refractivity contribution in [3.8, 4) is 22.7 Å². The number of hydrogen-bond donors (Lipinski definition) is 0. The van der Waals surface area contributed by atoms with E-state index in [2.05, 4.69) is 23.1 Å². The Morgan fingerprint density at radius 1 is 1.19 bits per heavy atom. The molecule has 2 aromatic carbocycles. The van der Waals surface area contributed by atoms with Crippen molar-refractivity contribution < 1.29 is 18.3 Å². The van der Waals surface area contributed by atoms with Gasteiger partial charge in [0, 0.05) is 59.5 Å². The Hall–Kier alpha value is -4.57. The monoisotopic (exact) mass is 589 g/mol. The van der Waals surface area contributed by atoms with Gasteiger partial charge in [0.25, 0.3) is 0 Å². The van der Waals surface area contributed by atoms with E-state index in [1.54, 1.807) is 36.2 Å². The zero-order valence-corrected chi connectivity index (χ0v) is 23.7. The SMILES string of the molecule is C=CC(=O)N1CCN(c2nc(=O)n(-c3ncccc3C(=C)C)c3c4c(c(Cl)cc23)-c2c(ccc(F)c2F)CO4)[C@@H](C)C1. The fraction of sp³-hybridized carbons (Fsp3) is 0.226. The van der Waals surface area contributed by atoms with Crippen LogP contribution < -0.4 is 15.3 Å². The van der Waals surface area contributed by atoms with E-state index < -0.39 is 17.3 Å². The number of piperazine rings is 1. The van der Waals surface area contributed by atoms with Crippen LogP contribution in [0.4, 0.5) is 14.6 Å². The maximum atomic E-state index is 15.3. The lowest BCUT2D eigenvalue weighted by atomic mass is 9.94. The topological polar surface area (TPSA) is 80.6 Å². The van der Waals surface area contributed by atoms with Crippen LogP contribution in [-0.4, -0.2) is 51.0 Å². The average molecular weight is 590 g/mol. The maximum absolute atomic E-state index is 15.3. The standard InChI is InChI=1S/C31H26ClF2N5O3/c1-5-23(40)37-11-12-38(17(4)14-37)30-20-13-21(32)25-24-18(8-9-22(33)26(24)34)15-42-28(25)27(20)39(31(41)36-30)29-19(16(2)3)7-6-10-35-29/h5-10,13,17H,1-2,11-12,14-15H2,3-4H3/t17-/m0/s1. The summed E-state index contributed by atoms with van der Waals surface area (Å²) in [6.07, 6.45) is 2.81. The van der Waals surface area contributed by atoms with E-state index in [0.717, 1.165) is 6.07 Å². The second-order valence-corrected chi connectivity index (χ2v) is 10.8. The molecule has 42 heavy (non-hydrogen) atoms. The third kappa shape index (κ3) is 4.25. The van der Waals surface area contributed by atoms with Crippen LogP contribution in [0.15, 0.2) is 60.6 Å². The number of benzene rings is 2. The highest BCUT2D eigenvalue weighted by molar-refractivity contribution is 6.35. The lowest BCUT2D eigenvalue weighted by Gasteiger charge is -2.40. The van der Waals surface area contributed by atoms with E-state index in [9.17, 15) is 14.0 Å². The Balaban J connectivity index is 1.69. The molecule has 0 radical (unpaired) electrons. The summed E-state index contributed by atoms with van der Waals surface area (Å²) in [6.45, 7) is 12.4. The number of amides is 1. The van der Waals surface area contributed by atoms with E-state index in [1.165, 1.54) is 16.7 Å². The Bertz CT molecular complexity index is 1890. The molecule has 0 bridgehead atoms. The fourth-order valence-corrected chi connectivity index (χ4v) is 6.02. The number of pyridine rings is 1. The van der Waals surface area contributed by atoms with Gasteiger partial charge < -0.3 is 14.5 Å². The number of rotatable bonds is 4. The smallest absolute Gasteiger partial charge is 0.355 e. The molecule has 0 saturated carbocycles. The number of halogens is 3. The van der Waals surface area contributed by atoms with Crippen LogP contribution in [0.25, 0.3) is 33.4 Å². The van der Waals surface area contributed by atoms with Crippen molar-refractivity contribution >= 4 is 39.8 Å². The Kier molecular flexibility index (Phi) is 6.81. The van der Waals surface area contributed by atoms with E-state index in [4.69, 9.17) is 16.3 Å². The number of carbonyl (C=O) groups excluding carboxylic acids is 1. The molecule has 8 nitrogen and oxygen atoms in total. The van der Waals surface area contributed by atoms with Gasteiger partial charge in [0.15, 0.2) is 17.4 Å². The first-order valence-corrected chi connectivity index (χ1v) is 13.7. The van der Waals surface area contributed by atoms with E-state index in [0.29, 0.717) is 47.5 Å². The summed E-state index contributed by atoms with van der Waals surface area (Å²) in [5, 5.41) is 0.553. The highest BCUT2D eigenvalue weighted by Gasteiger charge is 2.34. The summed E-state index contributed by atoms with van der Waals surface area (Å²) in [5.41, 5.74) is 1.38. The molecular weight excluding hydrogens is 564 g/mol. The van der Waals surface area contributed by atoms with Gasteiger partial charge >= 0.3 is 5.69 Å².